The maximum Gasteiger partial charge on any atom is 0.332 e. The molecule has 0 radical (unpaired) electrons. The van der Waals surface area contributed by atoms with Crippen molar-refractivity contribution in [3.63, 3.8) is 0 Å². The number of carboxylic acid groups (broad SMARTS) is 1. The third kappa shape index (κ3) is 3.42. The normalized spacial score (nSPS) is 13.5. The fraction of sp³-hybridized carbons (Fsp3) is 0.500. The van der Waals surface area contributed by atoms with Gasteiger partial charge in [0.25, 0.3) is 10.0 Å². The smallest absolute Gasteiger partial charge is 0.332 e. The number of aromatic nitrogens is 2. The summed E-state index contributed by atoms with van der Waals surface area (Å²) in [6.45, 7) is -0.225. The molecule has 1 aromatic rings. The van der Waals surface area contributed by atoms with E-state index in [4.69, 9.17) is 21.8 Å². The molecular formula is C8H12ClN3O5S. The predicted molar refractivity (Wildman–Crippen MR) is 61.7 cm³/mol. The number of halogens is 1. The highest BCUT2D eigenvalue weighted by molar-refractivity contribution is 7.89. The van der Waals surface area contributed by atoms with E-state index in [9.17, 15) is 13.2 Å². The number of hydrogen-bond acceptors (Lipinski definition) is 5. The summed E-state index contributed by atoms with van der Waals surface area (Å²) < 4.78 is 26.8. The Morgan fingerprint density at radius 2 is 2.28 bits per heavy atom. The van der Waals surface area contributed by atoms with E-state index in [0.717, 1.165) is 4.68 Å². The number of nitrogens with one attached hydrogen (secondary N) is 1. The molecule has 0 aliphatic carbocycles. The van der Waals surface area contributed by atoms with Crippen LogP contribution in [0.1, 0.15) is 6.42 Å². The first-order chi connectivity index (χ1) is 8.25. The van der Waals surface area contributed by atoms with Crippen LogP contribution in [0.3, 0.4) is 0 Å². The molecule has 0 aliphatic rings. The van der Waals surface area contributed by atoms with Crippen LogP contribution < -0.4 is 4.72 Å². The number of aliphatic hydroxyl groups excluding tert-OH is 1. The van der Waals surface area contributed by atoms with Gasteiger partial charge in [0.1, 0.15) is 0 Å². The number of carbonyl (C=O) groups is 1. The van der Waals surface area contributed by atoms with Gasteiger partial charge in [-0.15, -0.1) is 0 Å². The van der Waals surface area contributed by atoms with Gasteiger partial charge in [0, 0.05) is 13.6 Å². The van der Waals surface area contributed by atoms with Crippen LogP contribution in [0, 0.1) is 0 Å². The molecule has 0 amide bonds. The highest BCUT2D eigenvalue weighted by Gasteiger charge is 2.23. The zero-order valence-electron chi connectivity index (χ0n) is 9.37. The van der Waals surface area contributed by atoms with E-state index in [2.05, 4.69) is 9.82 Å². The number of rotatable bonds is 6. The van der Waals surface area contributed by atoms with Crippen molar-refractivity contribution in [2.24, 2.45) is 7.05 Å². The molecule has 0 bridgehead atoms. The maximum atomic E-state index is 11.8. The van der Waals surface area contributed by atoms with Crippen LogP contribution in [0.15, 0.2) is 11.2 Å². The Labute approximate surface area is 108 Å². The average Bonchev–Trinajstić information content (AvgIpc) is 2.58. The highest BCUT2D eigenvalue weighted by Crippen LogP contribution is 2.19. The Kier molecular flexibility index (Phi) is 4.68. The van der Waals surface area contributed by atoms with Crippen molar-refractivity contribution in [3.05, 3.63) is 11.2 Å². The van der Waals surface area contributed by atoms with Crippen molar-refractivity contribution in [2.75, 3.05) is 6.54 Å². The molecule has 0 aliphatic heterocycles. The molecule has 102 valence electrons. The number of carboxylic acids is 1. The molecule has 1 unspecified atom stereocenters. The molecule has 18 heavy (non-hydrogen) atoms. The van der Waals surface area contributed by atoms with Crippen molar-refractivity contribution in [1.29, 1.82) is 0 Å². The van der Waals surface area contributed by atoms with Crippen molar-refractivity contribution >= 4 is 27.6 Å². The van der Waals surface area contributed by atoms with Gasteiger partial charge in [-0.25, -0.2) is 17.9 Å². The van der Waals surface area contributed by atoms with Crippen LogP contribution in [0.25, 0.3) is 0 Å². The summed E-state index contributed by atoms with van der Waals surface area (Å²) in [5.41, 5.74) is 0. The first-order valence-electron chi connectivity index (χ1n) is 4.83. The maximum absolute atomic E-state index is 11.8. The Morgan fingerprint density at radius 1 is 1.67 bits per heavy atom. The van der Waals surface area contributed by atoms with Crippen LogP contribution in [0.5, 0.6) is 0 Å². The molecule has 1 aromatic heterocycles. The van der Waals surface area contributed by atoms with E-state index in [1.807, 2.05) is 0 Å². The summed E-state index contributed by atoms with van der Waals surface area (Å²) in [7, 11) is -2.48. The van der Waals surface area contributed by atoms with E-state index in [0.29, 0.717) is 0 Å². The van der Waals surface area contributed by atoms with Gasteiger partial charge >= 0.3 is 5.97 Å². The molecule has 3 N–H and O–H groups in total. The summed E-state index contributed by atoms with van der Waals surface area (Å²) in [5, 5.41) is 20.8. The quantitative estimate of drug-likeness (QED) is 0.631. The second kappa shape index (κ2) is 5.65. The van der Waals surface area contributed by atoms with Crippen molar-refractivity contribution in [1.82, 2.24) is 14.5 Å². The number of aryl methyl sites for hydroxylation is 1. The summed E-state index contributed by atoms with van der Waals surface area (Å²) in [6.07, 6.45) is -0.679. The summed E-state index contributed by atoms with van der Waals surface area (Å²) in [5.74, 6) is -1.41. The number of aliphatic carboxylic acids is 1. The molecule has 0 saturated heterocycles. The van der Waals surface area contributed by atoms with Gasteiger partial charge < -0.3 is 10.2 Å². The monoisotopic (exact) mass is 297 g/mol. The van der Waals surface area contributed by atoms with E-state index >= 15 is 0 Å². The minimum absolute atomic E-state index is 0.0382. The fourth-order valence-corrected chi connectivity index (χ4v) is 2.92. The molecule has 0 spiro atoms. The van der Waals surface area contributed by atoms with Gasteiger partial charge in [-0.2, -0.15) is 5.10 Å². The summed E-state index contributed by atoms with van der Waals surface area (Å²) in [4.78, 5) is 10.3. The topological polar surface area (TPSA) is 122 Å². The van der Waals surface area contributed by atoms with E-state index in [1.54, 1.807) is 0 Å². The molecule has 10 heteroatoms. The van der Waals surface area contributed by atoms with E-state index in [1.165, 1.54) is 13.2 Å². The first-order valence-corrected chi connectivity index (χ1v) is 6.70. The lowest BCUT2D eigenvalue weighted by Gasteiger charge is -2.08. The van der Waals surface area contributed by atoms with Gasteiger partial charge in [0.05, 0.1) is 11.2 Å². The highest BCUT2D eigenvalue weighted by atomic mass is 35.5. The minimum atomic E-state index is -3.89. The van der Waals surface area contributed by atoms with Crippen LogP contribution in [0.2, 0.25) is 5.02 Å². The van der Waals surface area contributed by atoms with Gasteiger partial charge in [0.2, 0.25) is 0 Å². The molecule has 1 atom stereocenters. The number of nitrogens with zero attached hydrogens (tertiary/aromatic N) is 2. The summed E-state index contributed by atoms with van der Waals surface area (Å²) >= 11 is 5.68. The molecule has 0 saturated carbocycles. The van der Waals surface area contributed by atoms with Crippen LogP contribution in [-0.2, 0) is 21.9 Å². The van der Waals surface area contributed by atoms with Crippen molar-refractivity contribution < 1.29 is 23.4 Å². The SMILES string of the molecule is Cn1ncc(Cl)c1S(=O)(=O)NCCC(O)C(=O)O. The molecule has 8 nitrogen and oxygen atoms in total. The Hall–Kier alpha value is -1.16. The van der Waals surface area contributed by atoms with Crippen LogP contribution >= 0.6 is 11.6 Å². The van der Waals surface area contributed by atoms with E-state index < -0.39 is 22.1 Å². The molecule has 0 fully saturated rings. The second-order valence-electron chi connectivity index (χ2n) is 3.46. The third-order valence-electron chi connectivity index (χ3n) is 2.09. The molecular weight excluding hydrogens is 286 g/mol. The summed E-state index contributed by atoms with van der Waals surface area (Å²) in [6, 6.07) is 0. The zero-order chi connectivity index (χ0) is 13.9. The Morgan fingerprint density at radius 3 is 2.72 bits per heavy atom. The first kappa shape index (κ1) is 14.9. The predicted octanol–water partition coefficient (Wildman–Crippen LogP) is -0.813. The lowest BCUT2D eigenvalue weighted by Crippen LogP contribution is -2.31. The average molecular weight is 298 g/mol. The zero-order valence-corrected chi connectivity index (χ0v) is 10.9. The lowest BCUT2D eigenvalue weighted by molar-refractivity contribution is -0.146. The number of aliphatic hydroxyl groups is 1. The van der Waals surface area contributed by atoms with Crippen molar-refractivity contribution in [3.8, 4) is 0 Å². The van der Waals surface area contributed by atoms with Gasteiger partial charge in [-0.3, -0.25) is 4.68 Å². The lowest BCUT2D eigenvalue weighted by atomic mass is 10.3. The fourth-order valence-electron chi connectivity index (χ4n) is 1.22. The van der Waals surface area contributed by atoms with Crippen LogP contribution in [-0.4, -0.2) is 47.0 Å². The number of sulfonamides is 1. The molecule has 1 heterocycles. The second-order valence-corrected chi connectivity index (χ2v) is 5.55. The largest absolute Gasteiger partial charge is 0.479 e. The van der Waals surface area contributed by atoms with Gasteiger partial charge in [0.15, 0.2) is 11.1 Å². The standard InChI is InChI=1S/C8H12ClN3O5S/c1-12-7(5(9)4-10-12)18(16,17)11-3-2-6(13)8(14)15/h4,6,11,13H,2-3H2,1H3,(H,14,15). The Balaban J connectivity index is 2.70. The Bertz CT molecular complexity index is 521. The van der Waals surface area contributed by atoms with Crippen molar-refractivity contribution in [2.45, 2.75) is 17.6 Å². The minimum Gasteiger partial charge on any atom is -0.479 e. The molecule has 1 rings (SSSR count). The van der Waals surface area contributed by atoms with Crippen LogP contribution in [0.4, 0.5) is 0 Å². The molecule has 0 aromatic carbocycles. The van der Waals surface area contributed by atoms with Gasteiger partial charge in [-0.05, 0) is 6.42 Å². The van der Waals surface area contributed by atoms with Gasteiger partial charge in [-0.1, -0.05) is 11.6 Å². The van der Waals surface area contributed by atoms with E-state index in [-0.39, 0.29) is 23.0 Å². The number of hydrogen-bond donors (Lipinski definition) is 3. The third-order valence-corrected chi connectivity index (χ3v) is 4.06.